The summed E-state index contributed by atoms with van der Waals surface area (Å²) in [6.07, 6.45) is 4.24. The zero-order chi connectivity index (χ0) is 17.3. The molecule has 1 heterocycles. The van der Waals surface area contributed by atoms with E-state index in [1.54, 1.807) is 18.2 Å². The molecule has 0 aliphatic heterocycles. The van der Waals surface area contributed by atoms with Gasteiger partial charge in [0.25, 0.3) is 11.6 Å². The number of nitrogens with zero attached hydrogens (tertiary/aromatic N) is 3. The minimum Gasteiger partial charge on any atom is -0.269 e. The van der Waals surface area contributed by atoms with Crippen molar-refractivity contribution in [3.05, 3.63) is 75.6 Å². The smallest absolute Gasteiger partial charge is 0.269 e. The molecule has 0 radical (unpaired) electrons. The van der Waals surface area contributed by atoms with E-state index in [-0.39, 0.29) is 11.6 Å². The molecule has 1 aromatic heterocycles. The molecule has 0 saturated carbocycles. The average molecular weight is 321 g/mol. The second-order valence-electron chi connectivity index (χ2n) is 5.53. The average Bonchev–Trinajstić information content (AvgIpc) is 2.96. The van der Waals surface area contributed by atoms with Crippen molar-refractivity contribution >= 4 is 28.7 Å². The maximum atomic E-state index is 12.4. The summed E-state index contributed by atoms with van der Waals surface area (Å²) in [5, 5.41) is 11.0. The Kier molecular flexibility index (Phi) is 3.95. The normalized spacial score (nSPS) is 11.2. The molecule has 0 aliphatic rings. The van der Waals surface area contributed by atoms with E-state index < -0.39 is 4.92 Å². The quantitative estimate of drug-likeness (QED) is 0.416. The number of aryl methyl sites for hydroxylation is 2. The highest BCUT2D eigenvalue weighted by Gasteiger charge is 2.12. The molecule has 24 heavy (non-hydrogen) atoms. The molecule has 3 aromatic rings. The molecular formula is C18H15N3O3. The number of nitro benzene ring substituents is 1. The van der Waals surface area contributed by atoms with Crippen molar-refractivity contribution < 1.29 is 9.72 Å². The molecule has 0 spiro atoms. The van der Waals surface area contributed by atoms with Crippen LogP contribution in [0.3, 0.4) is 0 Å². The SMILES string of the molecule is Cc1cc2ncn(C(=O)C=Cc3ccccc3[N+](=O)[O-])c2cc1C. The van der Waals surface area contributed by atoms with Crippen LogP contribution in [-0.2, 0) is 0 Å². The van der Waals surface area contributed by atoms with E-state index in [4.69, 9.17) is 0 Å². The van der Waals surface area contributed by atoms with E-state index in [0.29, 0.717) is 5.56 Å². The second-order valence-corrected chi connectivity index (χ2v) is 5.53. The number of hydrogen-bond acceptors (Lipinski definition) is 4. The van der Waals surface area contributed by atoms with E-state index in [2.05, 4.69) is 4.98 Å². The number of fused-ring (bicyclic) bond motifs is 1. The highest BCUT2D eigenvalue weighted by atomic mass is 16.6. The monoisotopic (exact) mass is 321 g/mol. The van der Waals surface area contributed by atoms with Crippen LogP contribution in [0, 0.1) is 24.0 Å². The highest BCUT2D eigenvalue weighted by molar-refractivity contribution is 5.99. The first-order chi connectivity index (χ1) is 11.5. The van der Waals surface area contributed by atoms with Gasteiger partial charge in [0.15, 0.2) is 0 Å². The lowest BCUT2D eigenvalue weighted by Crippen LogP contribution is -2.05. The van der Waals surface area contributed by atoms with Gasteiger partial charge in [-0.1, -0.05) is 12.1 Å². The van der Waals surface area contributed by atoms with Gasteiger partial charge in [0.05, 0.1) is 21.5 Å². The standard InChI is InChI=1S/C18H15N3O3/c1-12-9-15-17(10-13(12)2)20(11-19-15)18(22)8-7-14-5-3-4-6-16(14)21(23)24/h3-11H,1-2H3. The Bertz CT molecular complexity index is 986. The molecule has 0 unspecified atom stereocenters. The van der Waals surface area contributed by atoms with Crippen molar-refractivity contribution in [2.75, 3.05) is 0 Å². The van der Waals surface area contributed by atoms with E-state index in [1.807, 2.05) is 26.0 Å². The van der Waals surface area contributed by atoms with Crippen LogP contribution in [-0.4, -0.2) is 20.4 Å². The van der Waals surface area contributed by atoms with Gasteiger partial charge in [-0.15, -0.1) is 0 Å². The Morgan fingerprint density at radius 1 is 1.21 bits per heavy atom. The Hall–Kier alpha value is -3.28. The summed E-state index contributed by atoms with van der Waals surface area (Å²) in [5.41, 5.74) is 3.98. The first-order valence-corrected chi connectivity index (χ1v) is 7.37. The van der Waals surface area contributed by atoms with Crippen LogP contribution in [0.5, 0.6) is 0 Å². The van der Waals surface area contributed by atoms with Gasteiger partial charge in [-0.2, -0.15) is 0 Å². The lowest BCUT2D eigenvalue weighted by Gasteiger charge is -2.02. The van der Waals surface area contributed by atoms with Crippen LogP contribution in [0.25, 0.3) is 17.1 Å². The van der Waals surface area contributed by atoms with Crippen molar-refractivity contribution in [3.63, 3.8) is 0 Å². The number of allylic oxidation sites excluding steroid dienone is 1. The number of rotatable bonds is 3. The lowest BCUT2D eigenvalue weighted by atomic mass is 10.1. The summed E-state index contributed by atoms with van der Waals surface area (Å²) in [4.78, 5) is 27.2. The first kappa shape index (κ1) is 15.6. The molecule has 0 bridgehead atoms. The molecule has 6 nitrogen and oxygen atoms in total. The molecule has 0 fully saturated rings. The van der Waals surface area contributed by atoms with Crippen LogP contribution in [0.4, 0.5) is 5.69 Å². The lowest BCUT2D eigenvalue weighted by molar-refractivity contribution is -0.385. The fraction of sp³-hybridized carbons (Fsp3) is 0.111. The van der Waals surface area contributed by atoms with E-state index in [0.717, 1.165) is 22.2 Å². The third-order valence-electron chi connectivity index (χ3n) is 3.94. The van der Waals surface area contributed by atoms with Gasteiger partial charge in [-0.3, -0.25) is 19.5 Å². The molecule has 3 rings (SSSR count). The van der Waals surface area contributed by atoms with Crippen molar-refractivity contribution in [1.82, 2.24) is 9.55 Å². The van der Waals surface area contributed by atoms with Crippen LogP contribution in [0.15, 0.2) is 48.8 Å². The van der Waals surface area contributed by atoms with Crippen molar-refractivity contribution in [2.24, 2.45) is 0 Å². The van der Waals surface area contributed by atoms with E-state index >= 15 is 0 Å². The van der Waals surface area contributed by atoms with E-state index in [1.165, 1.54) is 29.1 Å². The summed E-state index contributed by atoms with van der Waals surface area (Å²) in [7, 11) is 0. The van der Waals surface area contributed by atoms with Crippen LogP contribution in [0.2, 0.25) is 0 Å². The maximum absolute atomic E-state index is 12.4. The summed E-state index contributed by atoms with van der Waals surface area (Å²) >= 11 is 0. The first-order valence-electron chi connectivity index (χ1n) is 7.37. The van der Waals surface area contributed by atoms with Crippen molar-refractivity contribution in [1.29, 1.82) is 0 Å². The number of para-hydroxylation sites is 1. The molecule has 0 atom stereocenters. The van der Waals surface area contributed by atoms with Gasteiger partial charge in [0.2, 0.25) is 0 Å². The fourth-order valence-electron chi connectivity index (χ4n) is 2.48. The summed E-state index contributed by atoms with van der Waals surface area (Å²) in [6, 6.07) is 10.1. The molecule has 120 valence electrons. The maximum Gasteiger partial charge on any atom is 0.276 e. The fourth-order valence-corrected chi connectivity index (χ4v) is 2.48. The Morgan fingerprint density at radius 2 is 1.92 bits per heavy atom. The molecule has 0 N–H and O–H groups in total. The van der Waals surface area contributed by atoms with Crippen LogP contribution >= 0.6 is 0 Å². The number of imidazole rings is 1. The summed E-state index contributed by atoms with van der Waals surface area (Å²) in [5.74, 6) is -0.307. The van der Waals surface area contributed by atoms with Gasteiger partial charge in [-0.05, 0) is 49.2 Å². The Balaban J connectivity index is 1.96. The van der Waals surface area contributed by atoms with Crippen LogP contribution in [0.1, 0.15) is 21.5 Å². The third kappa shape index (κ3) is 2.81. The Labute approximate surface area is 138 Å². The predicted octanol–water partition coefficient (Wildman–Crippen LogP) is 3.91. The van der Waals surface area contributed by atoms with Crippen molar-refractivity contribution in [2.45, 2.75) is 13.8 Å². The Morgan fingerprint density at radius 3 is 2.67 bits per heavy atom. The number of hydrogen-bond donors (Lipinski definition) is 0. The van der Waals surface area contributed by atoms with Gasteiger partial charge < -0.3 is 0 Å². The van der Waals surface area contributed by atoms with Crippen molar-refractivity contribution in [3.8, 4) is 0 Å². The topological polar surface area (TPSA) is 78.0 Å². The molecule has 0 amide bonds. The molecule has 6 heteroatoms. The number of carbonyl (C=O) groups is 1. The largest absolute Gasteiger partial charge is 0.276 e. The summed E-state index contributed by atoms with van der Waals surface area (Å²) < 4.78 is 1.44. The number of benzene rings is 2. The minimum absolute atomic E-state index is 0.0384. The van der Waals surface area contributed by atoms with Crippen LogP contribution < -0.4 is 0 Å². The number of aromatic nitrogens is 2. The van der Waals surface area contributed by atoms with Gasteiger partial charge >= 0.3 is 0 Å². The van der Waals surface area contributed by atoms with Gasteiger partial charge in [0.1, 0.15) is 6.33 Å². The summed E-state index contributed by atoms with van der Waals surface area (Å²) in [6.45, 7) is 3.96. The molecule has 0 saturated heterocycles. The van der Waals surface area contributed by atoms with Gasteiger partial charge in [-0.25, -0.2) is 4.98 Å². The molecular weight excluding hydrogens is 306 g/mol. The molecule has 2 aromatic carbocycles. The minimum atomic E-state index is -0.469. The third-order valence-corrected chi connectivity index (χ3v) is 3.94. The number of nitro groups is 1. The second kappa shape index (κ2) is 6.08. The predicted molar refractivity (Wildman–Crippen MR) is 92.0 cm³/mol. The van der Waals surface area contributed by atoms with Gasteiger partial charge in [0, 0.05) is 12.1 Å². The van der Waals surface area contributed by atoms with E-state index in [9.17, 15) is 14.9 Å². The highest BCUT2D eigenvalue weighted by Crippen LogP contribution is 2.20. The molecule has 0 aliphatic carbocycles. The number of carbonyl (C=O) groups excluding carboxylic acids is 1. The zero-order valence-corrected chi connectivity index (χ0v) is 13.3. The zero-order valence-electron chi connectivity index (χ0n) is 13.3.